The SMILES string of the molecule is CCC(C)C(C(=O)NC(CCCl)COC)c1ccccc1. The highest BCUT2D eigenvalue weighted by Gasteiger charge is 2.27. The van der Waals surface area contributed by atoms with Crippen molar-refractivity contribution in [2.45, 2.75) is 38.6 Å². The van der Waals surface area contributed by atoms with Gasteiger partial charge in [-0.05, 0) is 17.9 Å². The van der Waals surface area contributed by atoms with E-state index in [1.54, 1.807) is 7.11 Å². The second-order valence-electron chi connectivity index (χ2n) is 5.41. The minimum absolute atomic E-state index is 0.0322. The molecule has 1 N–H and O–H groups in total. The van der Waals surface area contributed by atoms with Crippen molar-refractivity contribution in [2.24, 2.45) is 5.92 Å². The van der Waals surface area contributed by atoms with E-state index in [0.717, 1.165) is 12.0 Å². The Morgan fingerprint density at radius 3 is 2.52 bits per heavy atom. The zero-order valence-electron chi connectivity index (χ0n) is 13.1. The lowest BCUT2D eigenvalue weighted by atomic mass is 9.84. The number of methoxy groups -OCH3 is 1. The van der Waals surface area contributed by atoms with Gasteiger partial charge < -0.3 is 10.1 Å². The fourth-order valence-electron chi connectivity index (χ4n) is 2.46. The molecule has 1 aromatic rings. The average Bonchev–Trinajstić information content (AvgIpc) is 2.49. The first-order chi connectivity index (χ1) is 10.1. The van der Waals surface area contributed by atoms with E-state index in [1.165, 1.54) is 0 Å². The zero-order chi connectivity index (χ0) is 15.7. The molecular weight excluding hydrogens is 286 g/mol. The highest BCUT2D eigenvalue weighted by molar-refractivity contribution is 6.17. The first-order valence-corrected chi connectivity index (χ1v) is 8.07. The largest absolute Gasteiger partial charge is 0.383 e. The molecule has 1 rings (SSSR count). The van der Waals surface area contributed by atoms with Crippen molar-refractivity contribution in [3.05, 3.63) is 35.9 Å². The van der Waals surface area contributed by atoms with Crippen LogP contribution in [0.4, 0.5) is 0 Å². The molecule has 118 valence electrons. The van der Waals surface area contributed by atoms with E-state index < -0.39 is 0 Å². The number of rotatable bonds is 9. The Kier molecular flexibility index (Phi) is 8.40. The summed E-state index contributed by atoms with van der Waals surface area (Å²) in [6.07, 6.45) is 1.67. The van der Waals surface area contributed by atoms with E-state index in [9.17, 15) is 4.79 Å². The van der Waals surface area contributed by atoms with Crippen molar-refractivity contribution in [1.82, 2.24) is 5.32 Å². The van der Waals surface area contributed by atoms with Crippen LogP contribution in [0.5, 0.6) is 0 Å². The monoisotopic (exact) mass is 311 g/mol. The minimum atomic E-state index is -0.133. The topological polar surface area (TPSA) is 38.3 Å². The van der Waals surface area contributed by atoms with Gasteiger partial charge in [-0.3, -0.25) is 4.79 Å². The van der Waals surface area contributed by atoms with E-state index in [0.29, 0.717) is 18.9 Å². The van der Waals surface area contributed by atoms with Crippen molar-refractivity contribution in [3.63, 3.8) is 0 Å². The lowest BCUT2D eigenvalue weighted by Gasteiger charge is -2.26. The Labute approximate surface area is 133 Å². The molecule has 0 spiro atoms. The molecule has 0 aliphatic heterocycles. The Balaban J connectivity index is 2.85. The van der Waals surface area contributed by atoms with Gasteiger partial charge in [0.15, 0.2) is 0 Å². The summed E-state index contributed by atoms with van der Waals surface area (Å²) >= 11 is 5.80. The molecule has 1 aromatic carbocycles. The minimum Gasteiger partial charge on any atom is -0.383 e. The molecule has 0 radical (unpaired) electrons. The second kappa shape index (κ2) is 9.80. The van der Waals surface area contributed by atoms with E-state index >= 15 is 0 Å². The highest BCUT2D eigenvalue weighted by Crippen LogP contribution is 2.27. The molecular formula is C17H26ClNO2. The van der Waals surface area contributed by atoms with Crippen LogP contribution in [0, 0.1) is 5.92 Å². The van der Waals surface area contributed by atoms with Gasteiger partial charge >= 0.3 is 0 Å². The molecule has 0 heterocycles. The predicted octanol–water partition coefficient (Wildman–Crippen LogP) is 3.58. The van der Waals surface area contributed by atoms with Crippen molar-refractivity contribution in [1.29, 1.82) is 0 Å². The average molecular weight is 312 g/mol. The molecule has 3 nitrogen and oxygen atoms in total. The molecule has 3 unspecified atom stereocenters. The van der Waals surface area contributed by atoms with Crippen LogP contribution in [0.3, 0.4) is 0 Å². The van der Waals surface area contributed by atoms with Gasteiger partial charge in [-0.25, -0.2) is 0 Å². The maximum Gasteiger partial charge on any atom is 0.228 e. The Morgan fingerprint density at radius 1 is 1.33 bits per heavy atom. The number of ether oxygens (including phenoxy) is 1. The molecule has 0 aromatic heterocycles. The maximum atomic E-state index is 12.7. The summed E-state index contributed by atoms with van der Waals surface area (Å²) < 4.78 is 5.16. The Morgan fingerprint density at radius 2 is 2.00 bits per heavy atom. The summed E-state index contributed by atoms with van der Waals surface area (Å²) in [6, 6.07) is 9.92. The van der Waals surface area contributed by atoms with Crippen LogP contribution in [0.1, 0.15) is 38.2 Å². The third-order valence-electron chi connectivity index (χ3n) is 3.83. The molecule has 21 heavy (non-hydrogen) atoms. The molecule has 0 aliphatic rings. The van der Waals surface area contributed by atoms with Crippen molar-refractivity contribution < 1.29 is 9.53 Å². The number of carbonyl (C=O) groups excluding carboxylic acids is 1. The molecule has 3 atom stereocenters. The fourth-order valence-corrected chi connectivity index (χ4v) is 2.72. The third kappa shape index (κ3) is 5.68. The first-order valence-electron chi connectivity index (χ1n) is 7.54. The van der Waals surface area contributed by atoms with Crippen LogP contribution in [0.2, 0.25) is 0 Å². The standard InChI is InChI=1S/C17H26ClNO2/c1-4-13(2)16(14-8-6-5-7-9-14)17(20)19-15(10-11-18)12-21-3/h5-9,13,15-16H,4,10-12H2,1-3H3,(H,19,20). The smallest absolute Gasteiger partial charge is 0.228 e. The summed E-state index contributed by atoms with van der Waals surface area (Å²) in [5.41, 5.74) is 1.06. The van der Waals surface area contributed by atoms with E-state index in [1.807, 2.05) is 30.3 Å². The number of hydrogen-bond acceptors (Lipinski definition) is 2. The van der Waals surface area contributed by atoms with E-state index in [-0.39, 0.29) is 23.8 Å². The van der Waals surface area contributed by atoms with Crippen molar-refractivity contribution in [2.75, 3.05) is 19.6 Å². The van der Waals surface area contributed by atoms with E-state index in [2.05, 4.69) is 19.2 Å². The Hall–Kier alpha value is -1.06. The predicted molar refractivity (Wildman–Crippen MR) is 87.8 cm³/mol. The number of nitrogens with one attached hydrogen (secondary N) is 1. The normalized spacial score (nSPS) is 15.2. The van der Waals surface area contributed by atoms with E-state index in [4.69, 9.17) is 16.3 Å². The zero-order valence-corrected chi connectivity index (χ0v) is 13.9. The fraction of sp³-hybridized carbons (Fsp3) is 0.588. The van der Waals surface area contributed by atoms with Crippen molar-refractivity contribution in [3.8, 4) is 0 Å². The molecule has 0 aliphatic carbocycles. The van der Waals surface area contributed by atoms with Gasteiger partial charge in [-0.2, -0.15) is 0 Å². The van der Waals surface area contributed by atoms with Crippen LogP contribution in [-0.4, -0.2) is 31.5 Å². The molecule has 4 heteroatoms. The second-order valence-corrected chi connectivity index (χ2v) is 5.79. The number of halogens is 1. The highest BCUT2D eigenvalue weighted by atomic mass is 35.5. The summed E-state index contributed by atoms with van der Waals surface area (Å²) in [5, 5.41) is 3.08. The number of carbonyl (C=O) groups is 1. The third-order valence-corrected chi connectivity index (χ3v) is 4.04. The number of amides is 1. The van der Waals surface area contributed by atoms with Crippen molar-refractivity contribution >= 4 is 17.5 Å². The summed E-state index contributed by atoms with van der Waals surface area (Å²) in [4.78, 5) is 12.7. The molecule has 0 saturated carbocycles. The van der Waals surface area contributed by atoms with Gasteiger partial charge in [0.05, 0.1) is 18.6 Å². The van der Waals surface area contributed by atoms with Gasteiger partial charge in [0.1, 0.15) is 0 Å². The molecule has 0 saturated heterocycles. The molecule has 0 bridgehead atoms. The summed E-state index contributed by atoms with van der Waals surface area (Å²) in [7, 11) is 1.64. The van der Waals surface area contributed by atoms with Crippen LogP contribution in [-0.2, 0) is 9.53 Å². The van der Waals surface area contributed by atoms with Gasteiger partial charge in [0.25, 0.3) is 0 Å². The summed E-state index contributed by atoms with van der Waals surface area (Å²) in [5.74, 6) is 0.716. The van der Waals surface area contributed by atoms with Gasteiger partial charge in [0.2, 0.25) is 5.91 Å². The van der Waals surface area contributed by atoms with Gasteiger partial charge in [-0.1, -0.05) is 50.6 Å². The number of benzene rings is 1. The van der Waals surface area contributed by atoms with Gasteiger partial charge in [-0.15, -0.1) is 11.6 Å². The lowest BCUT2D eigenvalue weighted by Crippen LogP contribution is -2.42. The number of alkyl halides is 1. The van der Waals surface area contributed by atoms with Crippen LogP contribution >= 0.6 is 11.6 Å². The molecule has 0 fully saturated rings. The quantitative estimate of drug-likeness (QED) is 0.708. The first kappa shape index (κ1) is 18.0. The van der Waals surface area contributed by atoms with Crippen LogP contribution < -0.4 is 5.32 Å². The lowest BCUT2D eigenvalue weighted by molar-refractivity contribution is -0.124. The number of hydrogen-bond donors (Lipinski definition) is 1. The summed E-state index contributed by atoms with van der Waals surface area (Å²) in [6.45, 7) is 4.71. The Bertz CT molecular complexity index is 405. The maximum absolute atomic E-state index is 12.7. The van der Waals surface area contributed by atoms with Crippen LogP contribution in [0.25, 0.3) is 0 Å². The molecule has 1 amide bonds. The van der Waals surface area contributed by atoms with Gasteiger partial charge in [0, 0.05) is 13.0 Å². The van der Waals surface area contributed by atoms with Crippen LogP contribution in [0.15, 0.2) is 30.3 Å².